The number of nitrogens with zero attached hydrogens (tertiary/aromatic N) is 2. The van der Waals surface area contributed by atoms with Gasteiger partial charge in [-0.05, 0) is 36.5 Å². The summed E-state index contributed by atoms with van der Waals surface area (Å²) in [5.74, 6) is 0.584. The lowest BCUT2D eigenvalue weighted by molar-refractivity contribution is -0.119. The second-order valence-electron chi connectivity index (χ2n) is 5.74. The Labute approximate surface area is 116 Å². The number of benzene rings is 1. The molecule has 1 heterocycles. The lowest BCUT2D eigenvalue weighted by Gasteiger charge is -2.36. The molecule has 0 aliphatic carbocycles. The Morgan fingerprint density at radius 1 is 1.21 bits per heavy atom. The highest BCUT2D eigenvalue weighted by atomic mass is 16.1. The van der Waals surface area contributed by atoms with Crippen LogP contribution in [0.5, 0.6) is 0 Å². The Morgan fingerprint density at radius 3 is 2.26 bits per heavy atom. The van der Waals surface area contributed by atoms with Gasteiger partial charge in [0.25, 0.3) is 0 Å². The van der Waals surface area contributed by atoms with Crippen LogP contribution in [-0.4, -0.2) is 37.5 Å². The van der Waals surface area contributed by atoms with Gasteiger partial charge in [0.05, 0.1) is 0 Å². The van der Waals surface area contributed by atoms with Gasteiger partial charge in [0.2, 0.25) is 6.41 Å². The van der Waals surface area contributed by atoms with Gasteiger partial charge in [0.1, 0.15) is 0 Å². The predicted octanol–water partition coefficient (Wildman–Crippen LogP) is 2.87. The van der Waals surface area contributed by atoms with Gasteiger partial charge in [-0.2, -0.15) is 0 Å². The van der Waals surface area contributed by atoms with Crippen LogP contribution in [-0.2, 0) is 4.79 Å². The molecule has 0 aromatic heterocycles. The minimum atomic E-state index is 0.406. The van der Waals surface area contributed by atoms with Crippen LogP contribution in [0.3, 0.4) is 0 Å². The summed E-state index contributed by atoms with van der Waals surface area (Å²) in [5.41, 5.74) is 2.69. The highest BCUT2D eigenvalue weighted by Gasteiger charge is 2.21. The third-order valence-electron chi connectivity index (χ3n) is 4.13. The minimum Gasteiger partial charge on any atom is -0.371 e. The van der Waals surface area contributed by atoms with E-state index in [1.54, 1.807) is 4.90 Å². The summed E-state index contributed by atoms with van der Waals surface area (Å²) >= 11 is 0. The molecule has 1 aromatic carbocycles. The van der Waals surface area contributed by atoms with Crippen molar-refractivity contribution in [2.75, 3.05) is 25.0 Å². The first-order valence-electron chi connectivity index (χ1n) is 7.14. The molecule has 3 heteroatoms. The number of rotatable bonds is 4. The first kappa shape index (κ1) is 13.9. The molecule has 1 aliphatic heterocycles. The van der Waals surface area contributed by atoms with Crippen LogP contribution in [0.1, 0.15) is 38.2 Å². The molecule has 0 unspecified atom stereocenters. The molecular weight excluding hydrogens is 236 g/mol. The van der Waals surface area contributed by atoms with Gasteiger partial charge in [-0.15, -0.1) is 0 Å². The van der Waals surface area contributed by atoms with E-state index in [1.165, 1.54) is 11.3 Å². The molecule has 0 radical (unpaired) electrons. The zero-order valence-corrected chi connectivity index (χ0v) is 12.2. The van der Waals surface area contributed by atoms with Gasteiger partial charge in [-0.3, -0.25) is 4.79 Å². The summed E-state index contributed by atoms with van der Waals surface area (Å²) in [5, 5.41) is 0. The quantitative estimate of drug-likeness (QED) is 0.777. The fourth-order valence-corrected chi connectivity index (χ4v) is 2.69. The highest BCUT2D eigenvalue weighted by molar-refractivity contribution is 5.50. The van der Waals surface area contributed by atoms with Crippen molar-refractivity contribution in [2.24, 2.45) is 0 Å². The molecule has 0 saturated carbocycles. The van der Waals surface area contributed by atoms with Gasteiger partial charge in [-0.25, -0.2) is 0 Å². The Balaban J connectivity index is 1.96. The van der Waals surface area contributed by atoms with Crippen molar-refractivity contribution in [3.05, 3.63) is 29.8 Å². The normalized spacial score (nSPS) is 16.7. The zero-order valence-electron chi connectivity index (χ0n) is 12.2. The topological polar surface area (TPSA) is 23.6 Å². The minimum absolute atomic E-state index is 0.406. The average Bonchev–Trinajstić information content (AvgIpc) is 2.46. The standard InChI is InChI=1S/C16H24N2O/c1-13(2)14-4-6-16(7-5-14)18-10-8-15(9-11-18)17(3)12-19/h4-7,12-13,15H,8-11H2,1-3H3. The van der Waals surface area contributed by atoms with Gasteiger partial charge in [-0.1, -0.05) is 26.0 Å². The van der Waals surface area contributed by atoms with E-state index in [-0.39, 0.29) is 0 Å². The molecule has 1 aliphatic rings. The van der Waals surface area contributed by atoms with Crippen molar-refractivity contribution in [2.45, 2.75) is 38.6 Å². The molecule has 0 bridgehead atoms. The molecule has 1 saturated heterocycles. The Morgan fingerprint density at radius 2 is 1.79 bits per heavy atom. The van der Waals surface area contributed by atoms with Crippen molar-refractivity contribution >= 4 is 12.1 Å². The van der Waals surface area contributed by atoms with Crippen molar-refractivity contribution in [3.8, 4) is 0 Å². The summed E-state index contributed by atoms with van der Waals surface area (Å²) in [6.45, 7) is 6.50. The van der Waals surface area contributed by atoms with E-state index >= 15 is 0 Å². The molecule has 104 valence electrons. The Hall–Kier alpha value is -1.51. The predicted molar refractivity (Wildman–Crippen MR) is 79.6 cm³/mol. The second-order valence-corrected chi connectivity index (χ2v) is 5.74. The largest absolute Gasteiger partial charge is 0.371 e. The first-order valence-corrected chi connectivity index (χ1v) is 7.14. The van der Waals surface area contributed by atoms with Crippen LogP contribution in [0, 0.1) is 0 Å². The number of carbonyl (C=O) groups is 1. The molecule has 0 atom stereocenters. The molecule has 3 nitrogen and oxygen atoms in total. The Bertz CT molecular complexity index is 405. The number of hydrogen-bond acceptors (Lipinski definition) is 2. The number of anilines is 1. The maximum atomic E-state index is 10.8. The third-order valence-corrected chi connectivity index (χ3v) is 4.13. The van der Waals surface area contributed by atoms with Gasteiger partial charge < -0.3 is 9.80 Å². The van der Waals surface area contributed by atoms with Crippen molar-refractivity contribution in [3.63, 3.8) is 0 Å². The molecule has 0 N–H and O–H groups in total. The van der Waals surface area contributed by atoms with Gasteiger partial charge in [0, 0.05) is 31.9 Å². The molecule has 1 aromatic rings. The summed E-state index contributed by atoms with van der Waals surface area (Å²) < 4.78 is 0. The van der Waals surface area contributed by atoms with Gasteiger partial charge >= 0.3 is 0 Å². The highest BCUT2D eigenvalue weighted by Crippen LogP contribution is 2.24. The number of amides is 1. The fraction of sp³-hybridized carbons (Fsp3) is 0.562. The monoisotopic (exact) mass is 260 g/mol. The zero-order chi connectivity index (χ0) is 13.8. The molecule has 0 spiro atoms. The van der Waals surface area contributed by atoms with Crippen LogP contribution in [0.4, 0.5) is 5.69 Å². The second kappa shape index (κ2) is 6.09. The SMILES string of the molecule is CC(C)c1ccc(N2CCC(N(C)C=O)CC2)cc1. The van der Waals surface area contributed by atoms with E-state index in [4.69, 9.17) is 0 Å². The molecule has 19 heavy (non-hydrogen) atoms. The van der Waals surface area contributed by atoms with Crippen LogP contribution in [0.25, 0.3) is 0 Å². The van der Waals surface area contributed by atoms with Crippen molar-refractivity contribution in [1.82, 2.24) is 4.90 Å². The van der Waals surface area contributed by atoms with E-state index in [1.807, 2.05) is 7.05 Å². The van der Waals surface area contributed by atoms with Crippen LogP contribution < -0.4 is 4.90 Å². The van der Waals surface area contributed by atoms with Gasteiger partial charge in [0.15, 0.2) is 0 Å². The third kappa shape index (κ3) is 3.28. The average molecular weight is 260 g/mol. The van der Waals surface area contributed by atoms with Crippen molar-refractivity contribution < 1.29 is 4.79 Å². The van der Waals surface area contributed by atoms with Crippen LogP contribution in [0.15, 0.2) is 24.3 Å². The lowest BCUT2D eigenvalue weighted by Crippen LogP contribution is -2.42. The number of carbonyl (C=O) groups excluding carboxylic acids is 1. The molecular formula is C16H24N2O. The smallest absolute Gasteiger partial charge is 0.209 e. The Kier molecular flexibility index (Phi) is 4.46. The summed E-state index contributed by atoms with van der Waals surface area (Å²) in [4.78, 5) is 15.0. The lowest BCUT2D eigenvalue weighted by atomic mass is 10.0. The van der Waals surface area contributed by atoms with E-state index in [2.05, 4.69) is 43.0 Å². The first-order chi connectivity index (χ1) is 9.11. The van der Waals surface area contributed by atoms with E-state index < -0.39 is 0 Å². The molecule has 1 fully saturated rings. The fourth-order valence-electron chi connectivity index (χ4n) is 2.69. The van der Waals surface area contributed by atoms with Crippen LogP contribution in [0.2, 0.25) is 0 Å². The van der Waals surface area contributed by atoms with E-state index in [0.29, 0.717) is 12.0 Å². The summed E-state index contributed by atoms with van der Waals surface area (Å²) in [6, 6.07) is 9.30. The molecule has 2 rings (SSSR count). The maximum Gasteiger partial charge on any atom is 0.209 e. The van der Waals surface area contributed by atoms with E-state index in [0.717, 1.165) is 32.3 Å². The van der Waals surface area contributed by atoms with E-state index in [9.17, 15) is 4.79 Å². The number of piperidine rings is 1. The van der Waals surface area contributed by atoms with Crippen molar-refractivity contribution in [1.29, 1.82) is 0 Å². The molecule has 1 amide bonds. The van der Waals surface area contributed by atoms with Crippen LogP contribution >= 0.6 is 0 Å². The number of hydrogen-bond donors (Lipinski definition) is 0. The summed E-state index contributed by atoms with van der Waals surface area (Å²) in [7, 11) is 1.88. The summed E-state index contributed by atoms with van der Waals surface area (Å²) in [6.07, 6.45) is 3.06. The maximum absolute atomic E-state index is 10.8.